The van der Waals surface area contributed by atoms with Crippen molar-refractivity contribution in [3.63, 3.8) is 0 Å². The van der Waals surface area contributed by atoms with E-state index >= 15 is 0 Å². The molecule has 0 aliphatic heterocycles. The quantitative estimate of drug-likeness (QED) is 0.759. The van der Waals surface area contributed by atoms with Crippen LogP contribution in [0.2, 0.25) is 0 Å². The Morgan fingerprint density at radius 1 is 1.30 bits per heavy atom. The van der Waals surface area contributed by atoms with Crippen molar-refractivity contribution >= 4 is 5.78 Å². The van der Waals surface area contributed by atoms with E-state index < -0.39 is 0 Å². The van der Waals surface area contributed by atoms with Crippen molar-refractivity contribution in [1.29, 1.82) is 0 Å². The monoisotopic (exact) mass is 274 g/mol. The van der Waals surface area contributed by atoms with E-state index in [4.69, 9.17) is 0 Å². The highest BCUT2D eigenvalue weighted by molar-refractivity contribution is 5.96. The molecule has 0 unspecified atom stereocenters. The molecule has 5 heteroatoms. The minimum atomic E-state index is 0.113. The number of aromatic nitrogens is 4. The molecule has 0 spiro atoms. The maximum Gasteiger partial charge on any atom is 0.163 e. The number of nitrogens with zero attached hydrogens (tertiary/aromatic N) is 4. The lowest BCUT2D eigenvalue weighted by Gasteiger charge is -2.07. The lowest BCUT2D eigenvalue weighted by atomic mass is 10.1. The maximum atomic E-state index is 11.8. The van der Waals surface area contributed by atoms with E-state index in [1.807, 2.05) is 29.4 Å². The molecule has 20 heavy (non-hydrogen) atoms. The Hall–Kier alpha value is -1.91. The molecule has 0 N–H and O–H groups in total. The fraction of sp³-hybridized carbons (Fsp3) is 0.533. The van der Waals surface area contributed by atoms with Crippen LogP contribution in [0.25, 0.3) is 0 Å². The Kier molecular flexibility index (Phi) is 4.37. The first-order valence-electron chi connectivity index (χ1n) is 7.14. The van der Waals surface area contributed by atoms with Gasteiger partial charge in [0.2, 0.25) is 0 Å². The minimum absolute atomic E-state index is 0.113. The molecule has 0 aromatic carbocycles. The number of carbonyl (C=O) groups excluding carboxylic acids is 1. The van der Waals surface area contributed by atoms with Crippen LogP contribution in [0.5, 0.6) is 0 Å². The van der Waals surface area contributed by atoms with Gasteiger partial charge in [0.1, 0.15) is 5.82 Å². The summed E-state index contributed by atoms with van der Waals surface area (Å²) >= 11 is 0. The van der Waals surface area contributed by atoms with Gasteiger partial charge in [0, 0.05) is 38.1 Å². The molecule has 0 fully saturated rings. The third-order valence-electron chi connectivity index (χ3n) is 3.62. The number of imidazole rings is 1. The smallest absolute Gasteiger partial charge is 0.163 e. The standard InChI is InChI=1S/C15H22N4O/c1-5-12-15(11(3)20)13(6-2)19(17-12)9-7-14-16-8-10-18(14)4/h8,10H,5-7,9H2,1-4H3. The van der Waals surface area contributed by atoms with E-state index in [0.29, 0.717) is 0 Å². The summed E-state index contributed by atoms with van der Waals surface area (Å²) in [5, 5.41) is 4.61. The van der Waals surface area contributed by atoms with E-state index in [0.717, 1.165) is 48.6 Å². The van der Waals surface area contributed by atoms with E-state index in [-0.39, 0.29) is 5.78 Å². The highest BCUT2D eigenvalue weighted by atomic mass is 16.1. The van der Waals surface area contributed by atoms with Gasteiger partial charge in [-0.25, -0.2) is 4.98 Å². The topological polar surface area (TPSA) is 52.7 Å². The van der Waals surface area contributed by atoms with Crippen molar-refractivity contribution in [1.82, 2.24) is 19.3 Å². The van der Waals surface area contributed by atoms with Gasteiger partial charge in [-0.05, 0) is 19.8 Å². The molecule has 2 heterocycles. The first-order valence-corrected chi connectivity index (χ1v) is 7.14. The Labute approximate surface area is 119 Å². The molecule has 0 bridgehead atoms. The van der Waals surface area contributed by atoms with Gasteiger partial charge < -0.3 is 4.57 Å². The van der Waals surface area contributed by atoms with Gasteiger partial charge in [-0.1, -0.05) is 13.8 Å². The van der Waals surface area contributed by atoms with Crippen LogP contribution in [0.1, 0.15) is 48.3 Å². The fourth-order valence-corrected chi connectivity index (χ4v) is 2.59. The summed E-state index contributed by atoms with van der Waals surface area (Å²) in [5.74, 6) is 1.15. The van der Waals surface area contributed by atoms with E-state index in [1.165, 1.54) is 0 Å². The first-order chi connectivity index (χ1) is 9.58. The summed E-state index contributed by atoms with van der Waals surface area (Å²) in [7, 11) is 1.99. The van der Waals surface area contributed by atoms with Crippen molar-refractivity contribution in [2.75, 3.05) is 0 Å². The molecule has 108 valence electrons. The molecule has 2 aromatic heterocycles. The number of aryl methyl sites for hydroxylation is 4. The minimum Gasteiger partial charge on any atom is -0.338 e. The molecule has 0 aliphatic carbocycles. The number of hydrogen-bond donors (Lipinski definition) is 0. The zero-order chi connectivity index (χ0) is 14.7. The number of hydrogen-bond acceptors (Lipinski definition) is 3. The Bertz CT molecular complexity index is 609. The van der Waals surface area contributed by atoms with Gasteiger partial charge >= 0.3 is 0 Å². The predicted molar refractivity (Wildman–Crippen MR) is 77.9 cm³/mol. The van der Waals surface area contributed by atoms with Gasteiger partial charge in [-0.3, -0.25) is 9.48 Å². The molecule has 2 rings (SSSR count). The van der Waals surface area contributed by atoms with E-state index in [2.05, 4.69) is 17.0 Å². The number of carbonyl (C=O) groups is 1. The van der Waals surface area contributed by atoms with Gasteiger partial charge in [0.15, 0.2) is 5.78 Å². The fourth-order valence-electron chi connectivity index (χ4n) is 2.59. The normalized spacial score (nSPS) is 11.0. The third kappa shape index (κ3) is 2.66. The highest BCUT2D eigenvalue weighted by Crippen LogP contribution is 2.17. The molecule has 5 nitrogen and oxygen atoms in total. The van der Waals surface area contributed by atoms with Crippen LogP contribution in [0.4, 0.5) is 0 Å². The van der Waals surface area contributed by atoms with E-state index in [9.17, 15) is 4.79 Å². The van der Waals surface area contributed by atoms with Gasteiger partial charge in [-0.2, -0.15) is 5.10 Å². The molecule has 0 aliphatic rings. The lowest BCUT2D eigenvalue weighted by molar-refractivity contribution is 0.101. The predicted octanol–water partition coefficient (Wildman–Crippen LogP) is 2.19. The summed E-state index contributed by atoms with van der Waals surface area (Å²) in [6.07, 6.45) is 6.17. The van der Waals surface area contributed by atoms with Gasteiger partial charge in [0.25, 0.3) is 0 Å². The SMILES string of the molecule is CCc1nn(CCc2nccn2C)c(CC)c1C(C)=O. The molecular weight excluding hydrogens is 252 g/mol. The number of rotatable bonds is 6. The second-order valence-electron chi connectivity index (χ2n) is 4.96. The molecular formula is C15H22N4O. The molecule has 0 amide bonds. The van der Waals surface area contributed by atoms with Crippen molar-refractivity contribution in [3.05, 3.63) is 35.2 Å². The van der Waals surface area contributed by atoms with Gasteiger partial charge in [-0.15, -0.1) is 0 Å². The third-order valence-corrected chi connectivity index (χ3v) is 3.62. The summed E-state index contributed by atoms with van der Waals surface area (Å²) in [6, 6.07) is 0. The van der Waals surface area contributed by atoms with Crippen LogP contribution in [0.3, 0.4) is 0 Å². The van der Waals surface area contributed by atoms with Crippen LogP contribution in [0, 0.1) is 0 Å². The Morgan fingerprint density at radius 2 is 2.05 bits per heavy atom. The summed E-state index contributed by atoms with van der Waals surface area (Å²) in [5.41, 5.74) is 2.77. The second-order valence-corrected chi connectivity index (χ2v) is 4.96. The summed E-state index contributed by atoms with van der Waals surface area (Å²) in [4.78, 5) is 16.2. The van der Waals surface area contributed by atoms with Crippen molar-refractivity contribution in [2.24, 2.45) is 7.05 Å². The largest absolute Gasteiger partial charge is 0.338 e. The van der Waals surface area contributed by atoms with Crippen LogP contribution in [-0.2, 0) is 32.9 Å². The zero-order valence-electron chi connectivity index (χ0n) is 12.7. The molecule has 0 saturated carbocycles. The highest BCUT2D eigenvalue weighted by Gasteiger charge is 2.18. The number of Topliss-reactive ketones (excluding diaryl/α,β-unsaturated/α-hetero) is 1. The lowest BCUT2D eigenvalue weighted by Crippen LogP contribution is -2.10. The van der Waals surface area contributed by atoms with Gasteiger partial charge in [0.05, 0.1) is 11.3 Å². The zero-order valence-corrected chi connectivity index (χ0v) is 12.7. The molecule has 2 aromatic rings. The van der Waals surface area contributed by atoms with E-state index in [1.54, 1.807) is 13.1 Å². The Balaban J connectivity index is 2.27. The average Bonchev–Trinajstić information content (AvgIpc) is 2.99. The molecule has 0 atom stereocenters. The summed E-state index contributed by atoms with van der Waals surface area (Å²) < 4.78 is 3.99. The van der Waals surface area contributed by atoms with Crippen LogP contribution in [0.15, 0.2) is 12.4 Å². The second kappa shape index (κ2) is 6.03. The number of ketones is 1. The maximum absolute atomic E-state index is 11.8. The molecule has 0 radical (unpaired) electrons. The van der Waals surface area contributed by atoms with Crippen molar-refractivity contribution in [2.45, 2.75) is 46.6 Å². The van der Waals surface area contributed by atoms with Crippen LogP contribution >= 0.6 is 0 Å². The van der Waals surface area contributed by atoms with Crippen LogP contribution in [-0.4, -0.2) is 25.1 Å². The van der Waals surface area contributed by atoms with Crippen molar-refractivity contribution < 1.29 is 4.79 Å². The average molecular weight is 274 g/mol. The van der Waals surface area contributed by atoms with Crippen molar-refractivity contribution in [3.8, 4) is 0 Å². The first kappa shape index (κ1) is 14.5. The van der Waals surface area contributed by atoms with Crippen LogP contribution < -0.4 is 0 Å². The molecule has 0 saturated heterocycles. The Morgan fingerprint density at radius 3 is 2.55 bits per heavy atom. The summed E-state index contributed by atoms with van der Waals surface area (Å²) in [6.45, 7) is 6.49.